The third-order valence-electron chi connectivity index (χ3n) is 2.95. The lowest BCUT2D eigenvalue weighted by Gasteiger charge is -2.03. The third kappa shape index (κ3) is 3.20. The molecule has 0 bridgehead atoms. The Morgan fingerprint density at radius 2 is 2.16 bits per heavy atom. The Kier molecular flexibility index (Phi) is 3.97. The first-order chi connectivity index (χ1) is 9.10. The molecule has 0 aliphatic heterocycles. The highest BCUT2D eigenvalue weighted by Gasteiger charge is 2.10. The van der Waals surface area contributed by atoms with E-state index in [-0.39, 0.29) is 24.4 Å². The number of hydrogen-bond acceptors (Lipinski definition) is 3. The molecule has 0 saturated carbocycles. The van der Waals surface area contributed by atoms with Crippen LogP contribution in [0.4, 0.5) is 0 Å². The van der Waals surface area contributed by atoms with E-state index < -0.39 is 0 Å². The number of carbonyl (C=O) groups is 1. The van der Waals surface area contributed by atoms with Crippen LogP contribution in [0, 0.1) is 6.92 Å². The van der Waals surface area contributed by atoms with Crippen LogP contribution in [0.15, 0.2) is 35.1 Å². The van der Waals surface area contributed by atoms with Gasteiger partial charge < -0.3 is 5.73 Å². The number of nitrogens with zero attached hydrogens (tertiary/aromatic N) is 1. The molecule has 0 aliphatic rings. The fraction of sp³-hybridized carbons (Fsp3) is 0.286. The molecule has 0 fully saturated rings. The molecule has 0 radical (unpaired) electrons. The second-order valence-corrected chi connectivity index (χ2v) is 4.54. The second kappa shape index (κ2) is 5.67. The Morgan fingerprint density at radius 1 is 1.37 bits per heavy atom. The average Bonchev–Trinajstić information content (AvgIpc) is 2.77. The van der Waals surface area contributed by atoms with Crippen molar-refractivity contribution in [1.82, 2.24) is 9.78 Å². The van der Waals surface area contributed by atoms with Crippen LogP contribution in [0.25, 0.3) is 0 Å². The Labute approximate surface area is 111 Å². The summed E-state index contributed by atoms with van der Waals surface area (Å²) in [6.45, 7) is 2.22. The SMILES string of the molecule is Cc1cccc(CCC(=O)n2[nH]c(CN)cc2=O)c1. The van der Waals surface area contributed by atoms with Gasteiger partial charge in [0, 0.05) is 19.0 Å². The van der Waals surface area contributed by atoms with Gasteiger partial charge in [-0.15, -0.1) is 0 Å². The van der Waals surface area contributed by atoms with E-state index in [0.29, 0.717) is 12.1 Å². The van der Waals surface area contributed by atoms with E-state index in [9.17, 15) is 9.59 Å². The van der Waals surface area contributed by atoms with Crippen molar-refractivity contribution in [3.63, 3.8) is 0 Å². The maximum Gasteiger partial charge on any atom is 0.273 e. The molecule has 1 aromatic carbocycles. The smallest absolute Gasteiger partial charge is 0.273 e. The maximum atomic E-state index is 11.9. The van der Waals surface area contributed by atoms with E-state index in [4.69, 9.17) is 5.73 Å². The topological polar surface area (TPSA) is 80.9 Å². The average molecular weight is 259 g/mol. The largest absolute Gasteiger partial charge is 0.325 e. The van der Waals surface area contributed by atoms with E-state index >= 15 is 0 Å². The highest BCUT2D eigenvalue weighted by molar-refractivity contribution is 5.78. The lowest BCUT2D eigenvalue weighted by molar-refractivity contribution is 0.0882. The summed E-state index contributed by atoms with van der Waals surface area (Å²) >= 11 is 0. The fourth-order valence-corrected chi connectivity index (χ4v) is 1.97. The Bertz CT molecular complexity index is 640. The van der Waals surface area contributed by atoms with E-state index in [0.717, 1.165) is 15.8 Å². The Hall–Kier alpha value is -2.14. The lowest BCUT2D eigenvalue weighted by Crippen LogP contribution is -2.24. The van der Waals surface area contributed by atoms with Gasteiger partial charge in [-0.1, -0.05) is 29.8 Å². The minimum absolute atomic E-state index is 0.216. The zero-order valence-electron chi connectivity index (χ0n) is 10.8. The molecule has 3 N–H and O–H groups in total. The number of H-pyrrole nitrogens is 1. The molecule has 5 heteroatoms. The molecule has 0 saturated heterocycles. The summed E-state index contributed by atoms with van der Waals surface area (Å²) < 4.78 is 1.03. The minimum atomic E-state index is -0.352. The molecule has 0 amide bonds. The van der Waals surface area contributed by atoms with Gasteiger partial charge in [0.15, 0.2) is 0 Å². The number of rotatable bonds is 4. The molecule has 2 rings (SSSR count). The number of benzene rings is 1. The van der Waals surface area contributed by atoms with Gasteiger partial charge in [0.2, 0.25) is 5.91 Å². The van der Waals surface area contributed by atoms with Gasteiger partial charge >= 0.3 is 0 Å². The number of hydrogen-bond donors (Lipinski definition) is 2. The van der Waals surface area contributed by atoms with E-state index in [1.54, 1.807) is 0 Å². The van der Waals surface area contributed by atoms with Crippen molar-refractivity contribution in [3.05, 3.63) is 57.5 Å². The number of nitrogens with one attached hydrogen (secondary N) is 1. The van der Waals surface area contributed by atoms with E-state index in [1.807, 2.05) is 31.2 Å². The van der Waals surface area contributed by atoms with Gasteiger partial charge in [-0.3, -0.25) is 14.7 Å². The standard InChI is InChI=1S/C14H17N3O2/c1-10-3-2-4-11(7-10)5-6-13(18)17-14(19)8-12(9-15)16-17/h2-4,7-8,16H,5-6,9,15H2,1H3. The summed E-state index contributed by atoms with van der Waals surface area (Å²) in [5.41, 5.74) is 7.88. The van der Waals surface area contributed by atoms with Crippen LogP contribution in [0.2, 0.25) is 0 Å². The molecule has 0 spiro atoms. The van der Waals surface area contributed by atoms with Crippen molar-refractivity contribution < 1.29 is 4.79 Å². The molecule has 100 valence electrons. The van der Waals surface area contributed by atoms with Crippen molar-refractivity contribution in [3.8, 4) is 0 Å². The molecule has 0 unspecified atom stereocenters. The third-order valence-corrected chi connectivity index (χ3v) is 2.95. The first kappa shape index (κ1) is 13.3. The summed E-state index contributed by atoms with van der Waals surface area (Å²) in [6.07, 6.45) is 0.901. The van der Waals surface area contributed by atoms with Gasteiger partial charge in [-0.2, -0.15) is 4.68 Å². The quantitative estimate of drug-likeness (QED) is 0.866. The summed E-state index contributed by atoms with van der Waals surface area (Å²) in [7, 11) is 0. The summed E-state index contributed by atoms with van der Waals surface area (Å²) in [6, 6.07) is 9.33. The number of nitrogens with two attached hydrogens (primary N) is 1. The van der Waals surface area contributed by atoms with E-state index in [2.05, 4.69) is 5.10 Å². The van der Waals surface area contributed by atoms with Crippen LogP contribution < -0.4 is 11.3 Å². The maximum absolute atomic E-state index is 11.9. The van der Waals surface area contributed by atoms with Crippen LogP contribution in [-0.2, 0) is 13.0 Å². The number of aromatic amines is 1. The molecule has 0 aliphatic carbocycles. The molecular weight excluding hydrogens is 242 g/mol. The molecule has 1 aromatic heterocycles. The first-order valence-electron chi connectivity index (χ1n) is 6.20. The number of aromatic nitrogens is 2. The predicted molar refractivity (Wildman–Crippen MR) is 73.1 cm³/mol. The van der Waals surface area contributed by atoms with Crippen LogP contribution >= 0.6 is 0 Å². The normalized spacial score (nSPS) is 10.6. The molecule has 19 heavy (non-hydrogen) atoms. The monoisotopic (exact) mass is 259 g/mol. The van der Waals surface area contributed by atoms with Crippen molar-refractivity contribution in [2.45, 2.75) is 26.3 Å². The zero-order valence-corrected chi connectivity index (χ0v) is 10.8. The van der Waals surface area contributed by atoms with Crippen molar-refractivity contribution in [1.29, 1.82) is 0 Å². The molecule has 0 atom stereocenters. The van der Waals surface area contributed by atoms with Gasteiger partial charge in [0.25, 0.3) is 5.56 Å². The minimum Gasteiger partial charge on any atom is -0.325 e. The summed E-state index contributed by atoms with van der Waals surface area (Å²) in [5.74, 6) is -0.244. The van der Waals surface area contributed by atoms with Crippen LogP contribution in [0.1, 0.15) is 28.0 Å². The van der Waals surface area contributed by atoms with Crippen molar-refractivity contribution >= 4 is 5.91 Å². The van der Waals surface area contributed by atoms with Crippen molar-refractivity contribution in [2.24, 2.45) is 5.73 Å². The molecular formula is C14H17N3O2. The summed E-state index contributed by atoms with van der Waals surface area (Å²) in [5, 5.41) is 2.71. The van der Waals surface area contributed by atoms with E-state index in [1.165, 1.54) is 6.07 Å². The van der Waals surface area contributed by atoms with Gasteiger partial charge in [-0.25, -0.2) is 0 Å². The Balaban J connectivity index is 2.05. The van der Waals surface area contributed by atoms with Gasteiger partial charge in [0.1, 0.15) is 0 Å². The van der Waals surface area contributed by atoms with Crippen LogP contribution in [0.3, 0.4) is 0 Å². The van der Waals surface area contributed by atoms with Crippen LogP contribution in [-0.4, -0.2) is 15.7 Å². The zero-order chi connectivity index (χ0) is 13.8. The highest BCUT2D eigenvalue weighted by atomic mass is 16.2. The predicted octanol–water partition coefficient (Wildman–Crippen LogP) is 1.22. The second-order valence-electron chi connectivity index (χ2n) is 4.54. The lowest BCUT2D eigenvalue weighted by atomic mass is 10.1. The Morgan fingerprint density at radius 3 is 2.79 bits per heavy atom. The van der Waals surface area contributed by atoms with Gasteiger partial charge in [0.05, 0.1) is 5.69 Å². The summed E-state index contributed by atoms with van der Waals surface area (Å²) in [4.78, 5) is 23.5. The molecule has 1 heterocycles. The molecule has 2 aromatic rings. The van der Waals surface area contributed by atoms with Gasteiger partial charge in [-0.05, 0) is 18.9 Å². The fourth-order valence-electron chi connectivity index (χ4n) is 1.97. The number of carbonyl (C=O) groups excluding carboxylic acids is 1. The first-order valence-corrected chi connectivity index (χ1v) is 6.20. The highest BCUT2D eigenvalue weighted by Crippen LogP contribution is 2.07. The van der Waals surface area contributed by atoms with Crippen molar-refractivity contribution in [2.75, 3.05) is 0 Å². The number of aryl methyl sites for hydroxylation is 2. The molecule has 5 nitrogen and oxygen atoms in total. The van der Waals surface area contributed by atoms with Crippen LogP contribution in [0.5, 0.6) is 0 Å².